The molecule has 0 fully saturated rings. The fourth-order valence-electron chi connectivity index (χ4n) is 1.78. The van der Waals surface area contributed by atoms with Crippen LogP contribution in [0.15, 0.2) is 5.38 Å². The zero-order valence-electron chi connectivity index (χ0n) is 13.7. The van der Waals surface area contributed by atoms with E-state index in [2.05, 4.69) is 50.2 Å². The van der Waals surface area contributed by atoms with E-state index in [0.717, 1.165) is 36.9 Å². The number of aromatic nitrogens is 1. The summed E-state index contributed by atoms with van der Waals surface area (Å²) < 4.78 is 5.17. The van der Waals surface area contributed by atoms with Gasteiger partial charge in [0.15, 0.2) is 0 Å². The van der Waals surface area contributed by atoms with Gasteiger partial charge in [0.2, 0.25) is 0 Å². The lowest BCUT2D eigenvalue weighted by Gasteiger charge is -2.25. The molecule has 0 saturated heterocycles. The Morgan fingerprint density at radius 2 is 2.10 bits per heavy atom. The molecule has 0 atom stereocenters. The maximum atomic E-state index is 5.17. The number of hydrogen-bond acceptors (Lipinski definition) is 5. The molecule has 0 amide bonds. The molecule has 0 aromatic carbocycles. The first kappa shape index (κ1) is 17.6. The summed E-state index contributed by atoms with van der Waals surface area (Å²) in [5.41, 5.74) is 1.29. The average molecular weight is 299 g/mol. The summed E-state index contributed by atoms with van der Waals surface area (Å²) in [6.45, 7) is 14.4. The van der Waals surface area contributed by atoms with E-state index in [1.807, 2.05) is 0 Å². The van der Waals surface area contributed by atoms with Crippen LogP contribution < -0.4 is 5.32 Å². The van der Waals surface area contributed by atoms with Crippen molar-refractivity contribution >= 4 is 11.3 Å². The van der Waals surface area contributed by atoms with Crippen molar-refractivity contribution < 1.29 is 4.74 Å². The topological polar surface area (TPSA) is 37.4 Å². The number of hydrogen-bond donors (Lipinski definition) is 1. The third kappa shape index (κ3) is 6.79. The predicted octanol–water partition coefficient (Wildman–Crippen LogP) is 2.89. The van der Waals surface area contributed by atoms with Crippen molar-refractivity contribution in [1.82, 2.24) is 15.2 Å². The largest absolute Gasteiger partial charge is 0.383 e. The molecular formula is C15H29N3OS. The molecular weight excluding hydrogens is 270 g/mol. The van der Waals surface area contributed by atoms with E-state index < -0.39 is 0 Å². The molecule has 1 heterocycles. The monoisotopic (exact) mass is 299 g/mol. The molecule has 1 aromatic heterocycles. The molecule has 1 rings (SSSR count). The van der Waals surface area contributed by atoms with Gasteiger partial charge in [-0.25, -0.2) is 4.98 Å². The van der Waals surface area contributed by atoms with Crippen molar-refractivity contribution in [3.8, 4) is 0 Å². The Bertz CT molecular complexity index is 385. The zero-order valence-corrected chi connectivity index (χ0v) is 14.5. The van der Waals surface area contributed by atoms with Gasteiger partial charge in [0.25, 0.3) is 0 Å². The quantitative estimate of drug-likeness (QED) is 0.801. The molecule has 0 aliphatic carbocycles. The summed E-state index contributed by atoms with van der Waals surface area (Å²) in [6.07, 6.45) is 0. The van der Waals surface area contributed by atoms with Gasteiger partial charge in [-0.3, -0.25) is 4.90 Å². The van der Waals surface area contributed by atoms with Crippen LogP contribution in [0.2, 0.25) is 0 Å². The molecule has 0 aliphatic rings. The smallest absolute Gasteiger partial charge is 0.107 e. The minimum absolute atomic E-state index is 0.133. The number of methoxy groups -OCH3 is 1. The predicted molar refractivity (Wildman–Crippen MR) is 86.1 cm³/mol. The second kappa shape index (κ2) is 8.08. The zero-order chi connectivity index (χ0) is 15.2. The van der Waals surface area contributed by atoms with Crippen molar-refractivity contribution in [2.75, 3.05) is 20.3 Å². The van der Waals surface area contributed by atoms with Gasteiger partial charge < -0.3 is 10.1 Å². The minimum Gasteiger partial charge on any atom is -0.383 e. The molecule has 0 aliphatic heterocycles. The molecule has 20 heavy (non-hydrogen) atoms. The van der Waals surface area contributed by atoms with E-state index in [-0.39, 0.29) is 5.54 Å². The van der Waals surface area contributed by atoms with Crippen molar-refractivity contribution in [2.24, 2.45) is 0 Å². The van der Waals surface area contributed by atoms with Crippen LogP contribution in [0, 0.1) is 0 Å². The molecule has 1 aromatic rings. The van der Waals surface area contributed by atoms with E-state index >= 15 is 0 Å². The molecule has 1 N–H and O–H groups in total. The molecule has 5 heteroatoms. The van der Waals surface area contributed by atoms with Crippen LogP contribution in [0.4, 0.5) is 0 Å². The maximum Gasteiger partial charge on any atom is 0.107 e. The number of ether oxygens (including phenoxy) is 1. The first-order chi connectivity index (χ1) is 9.31. The van der Waals surface area contributed by atoms with Gasteiger partial charge in [0, 0.05) is 43.7 Å². The second-order valence-electron chi connectivity index (χ2n) is 6.39. The fourth-order valence-corrected chi connectivity index (χ4v) is 2.50. The highest BCUT2D eigenvalue weighted by atomic mass is 32.1. The Hall–Kier alpha value is -0.490. The Morgan fingerprint density at radius 3 is 2.65 bits per heavy atom. The Morgan fingerprint density at radius 1 is 1.40 bits per heavy atom. The highest BCUT2D eigenvalue weighted by molar-refractivity contribution is 7.09. The van der Waals surface area contributed by atoms with Gasteiger partial charge in [-0.15, -0.1) is 11.3 Å². The van der Waals surface area contributed by atoms with Gasteiger partial charge in [-0.1, -0.05) is 0 Å². The molecule has 0 bridgehead atoms. The van der Waals surface area contributed by atoms with Crippen LogP contribution in [0.5, 0.6) is 0 Å². The van der Waals surface area contributed by atoms with Gasteiger partial charge in [-0.2, -0.15) is 0 Å². The van der Waals surface area contributed by atoms with Gasteiger partial charge >= 0.3 is 0 Å². The summed E-state index contributed by atoms with van der Waals surface area (Å²) in [7, 11) is 1.75. The fraction of sp³-hybridized carbons (Fsp3) is 0.800. The van der Waals surface area contributed by atoms with Crippen molar-refractivity contribution in [3.05, 3.63) is 16.1 Å². The third-order valence-corrected chi connectivity index (χ3v) is 3.94. The minimum atomic E-state index is 0.133. The standard InChI is InChI=1S/C15H29N3OS/c1-12(2)18(7-8-19-6)10-13-11-20-14(17-13)9-16-15(3,4)5/h11-12,16H,7-10H2,1-6H3. The first-order valence-corrected chi connectivity index (χ1v) is 8.11. The summed E-state index contributed by atoms with van der Waals surface area (Å²) >= 11 is 1.74. The number of rotatable bonds is 8. The Labute approximate surface area is 127 Å². The van der Waals surface area contributed by atoms with Crippen LogP contribution in [-0.4, -0.2) is 41.7 Å². The summed E-state index contributed by atoms with van der Waals surface area (Å²) in [6, 6.07) is 0.503. The van der Waals surface area contributed by atoms with Crippen LogP contribution in [0.3, 0.4) is 0 Å². The van der Waals surface area contributed by atoms with Crippen molar-refractivity contribution in [1.29, 1.82) is 0 Å². The lowest BCUT2D eigenvalue weighted by Crippen LogP contribution is -2.35. The van der Waals surface area contributed by atoms with E-state index in [1.54, 1.807) is 18.4 Å². The summed E-state index contributed by atoms with van der Waals surface area (Å²) in [5.74, 6) is 0. The van der Waals surface area contributed by atoms with Crippen molar-refractivity contribution in [3.63, 3.8) is 0 Å². The number of nitrogens with one attached hydrogen (secondary N) is 1. The summed E-state index contributed by atoms with van der Waals surface area (Å²) in [4.78, 5) is 7.11. The Balaban J connectivity index is 2.53. The first-order valence-electron chi connectivity index (χ1n) is 7.23. The maximum absolute atomic E-state index is 5.17. The van der Waals surface area contributed by atoms with Crippen LogP contribution in [0.1, 0.15) is 45.3 Å². The number of thiazole rings is 1. The van der Waals surface area contributed by atoms with Crippen LogP contribution >= 0.6 is 11.3 Å². The second-order valence-corrected chi connectivity index (χ2v) is 7.34. The molecule has 116 valence electrons. The van der Waals surface area contributed by atoms with Gasteiger partial charge in [-0.05, 0) is 34.6 Å². The van der Waals surface area contributed by atoms with E-state index in [9.17, 15) is 0 Å². The SMILES string of the molecule is COCCN(Cc1csc(CNC(C)(C)C)n1)C(C)C. The van der Waals surface area contributed by atoms with E-state index in [4.69, 9.17) is 9.72 Å². The molecule has 0 unspecified atom stereocenters. The van der Waals surface area contributed by atoms with Crippen LogP contribution in [-0.2, 0) is 17.8 Å². The number of nitrogens with zero attached hydrogens (tertiary/aromatic N) is 2. The van der Waals surface area contributed by atoms with Gasteiger partial charge in [0.1, 0.15) is 5.01 Å². The highest BCUT2D eigenvalue weighted by Gasteiger charge is 2.13. The Kier molecular flexibility index (Phi) is 7.09. The molecule has 4 nitrogen and oxygen atoms in total. The third-order valence-electron chi connectivity index (χ3n) is 3.05. The van der Waals surface area contributed by atoms with Crippen molar-refractivity contribution in [2.45, 2.75) is 59.3 Å². The molecule has 0 radical (unpaired) electrons. The van der Waals surface area contributed by atoms with Crippen LogP contribution in [0.25, 0.3) is 0 Å². The average Bonchev–Trinajstić information content (AvgIpc) is 2.78. The highest BCUT2D eigenvalue weighted by Crippen LogP contribution is 2.14. The lowest BCUT2D eigenvalue weighted by molar-refractivity contribution is 0.124. The normalized spacial score (nSPS) is 12.6. The van der Waals surface area contributed by atoms with E-state index in [1.165, 1.54) is 0 Å². The lowest BCUT2D eigenvalue weighted by atomic mass is 10.1. The molecule has 0 saturated carbocycles. The molecule has 0 spiro atoms. The van der Waals surface area contributed by atoms with E-state index in [0.29, 0.717) is 6.04 Å². The summed E-state index contributed by atoms with van der Waals surface area (Å²) in [5, 5.41) is 6.80. The van der Waals surface area contributed by atoms with Gasteiger partial charge in [0.05, 0.1) is 12.3 Å².